The standard InChI is InChI=1S/C38H52N4O4S/c1-4-42-36(23-33(39-42)22-28-13-15-34(16-14-28)47(3,45)46)29-17-19-40(20-18-29)24-32-25-41(26-35(32)31-12-8-9-27(2)21-31)37(38(43)44)30-10-6-5-7-11-30/h8-9,12-16,21,23,29-30,32,35,37H,4-7,10-11,17-20,22,24-26H2,1-3H3,(H,43,44). The lowest BCUT2D eigenvalue weighted by Crippen LogP contribution is -2.46. The molecule has 3 atom stereocenters. The van der Waals surface area contributed by atoms with Crippen molar-refractivity contribution < 1.29 is 18.3 Å². The van der Waals surface area contributed by atoms with Gasteiger partial charge < -0.3 is 10.0 Å². The molecule has 3 aliphatic rings. The van der Waals surface area contributed by atoms with Gasteiger partial charge in [0, 0.05) is 56.4 Å². The summed E-state index contributed by atoms with van der Waals surface area (Å²) < 4.78 is 25.9. The Morgan fingerprint density at radius 2 is 1.70 bits per heavy atom. The minimum absolute atomic E-state index is 0.258. The van der Waals surface area contributed by atoms with Crippen molar-refractivity contribution in [1.82, 2.24) is 19.6 Å². The highest BCUT2D eigenvalue weighted by Crippen LogP contribution is 2.39. The van der Waals surface area contributed by atoms with Crippen molar-refractivity contribution in [3.63, 3.8) is 0 Å². The molecule has 0 bridgehead atoms. The molecule has 9 heteroatoms. The van der Waals surface area contributed by atoms with E-state index in [9.17, 15) is 18.3 Å². The molecule has 8 nitrogen and oxygen atoms in total. The van der Waals surface area contributed by atoms with Gasteiger partial charge >= 0.3 is 5.97 Å². The molecular formula is C38H52N4O4S. The van der Waals surface area contributed by atoms with E-state index < -0.39 is 15.8 Å². The van der Waals surface area contributed by atoms with Gasteiger partial charge in [-0.1, -0.05) is 61.2 Å². The Labute approximate surface area is 281 Å². The maximum atomic E-state index is 12.7. The Balaban J connectivity index is 1.12. The first-order valence-electron chi connectivity index (χ1n) is 17.7. The fourth-order valence-corrected chi connectivity index (χ4v) is 9.29. The number of benzene rings is 2. The number of piperidine rings is 1. The van der Waals surface area contributed by atoms with Gasteiger partial charge in [0.25, 0.3) is 0 Å². The summed E-state index contributed by atoms with van der Waals surface area (Å²) in [4.78, 5) is 18.0. The molecule has 3 fully saturated rings. The van der Waals surface area contributed by atoms with Crippen LogP contribution in [0.25, 0.3) is 0 Å². The Morgan fingerprint density at radius 3 is 2.34 bits per heavy atom. The smallest absolute Gasteiger partial charge is 0.321 e. The van der Waals surface area contributed by atoms with Gasteiger partial charge in [0.05, 0.1) is 10.6 Å². The van der Waals surface area contributed by atoms with Gasteiger partial charge in [-0.05, 0) is 93.8 Å². The van der Waals surface area contributed by atoms with E-state index in [1.54, 1.807) is 12.1 Å². The van der Waals surface area contributed by atoms with Crippen LogP contribution in [0.4, 0.5) is 0 Å². The number of carboxylic acids is 1. The number of sulfone groups is 1. The number of carbonyl (C=O) groups is 1. The molecule has 3 aromatic rings. The summed E-state index contributed by atoms with van der Waals surface area (Å²) in [5, 5.41) is 15.3. The van der Waals surface area contributed by atoms with Crippen LogP contribution < -0.4 is 0 Å². The van der Waals surface area contributed by atoms with Crippen molar-refractivity contribution in [3.05, 3.63) is 82.7 Å². The van der Waals surface area contributed by atoms with Gasteiger partial charge in [0.2, 0.25) is 0 Å². The summed E-state index contributed by atoms with van der Waals surface area (Å²) in [5.41, 5.74) is 6.00. The normalized spacial score (nSPS) is 22.9. The molecule has 2 aliphatic heterocycles. The number of carboxylic acid groups (broad SMARTS) is 1. The van der Waals surface area contributed by atoms with E-state index in [-0.39, 0.29) is 12.0 Å². The molecule has 1 aromatic heterocycles. The quantitative estimate of drug-likeness (QED) is 0.264. The van der Waals surface area contributed by atoms with E-state index >= 15 is 0 Å². The monoisotopic (exact) mass is 660 g/mol. The van der Waals surface area contributed by atoms with Crippen LogP contribution in [0.15, 0.2) is 59.5 Å². The van der Waals surface area contributed by atoms with E-state index in [4.69, 9.17) is 5.10 Å². The second kappa shape index (κ2) is 14.6. The lowest BCUT2D eigenvalue weighted by atomic mass is 9.83. The van der Waals surface area contributed by atoms with Crippen LogP contribution in [-0.4, -0.2) is 84.1 Å². The first kappa shape index (κ1) is 33.9. The minimum Gasteiger partial charge on any atom is -0.480 e. The van der Waals surface area contributed by atoms with Crippen LogP contribution in [0.1, 0.15) is 91.8 Å². The fraction of sp³-hybridized carbons (Fsp3) is 0.579. The zero-order valence-electron chi connectivity index (χ0n) is 28.4. The maximum absolute atomic E-state index is 12.7. The molecule has 47 heavy (non-hydrogen) atoms. The zero-order valence-corrected chi connectivity index (χ0v) is 29.2. The van der Waals surface area contributed by atoms with Crippen LogP contribution in [0.3, 0.4) is 0 Å². The summed E-state index contributed by atoms with van der Waals surface area (Å²) in [5.74, 6) is 0.818. The predicted octanol–water partition coefficient (Wildman–Crippen LogP) is 6.13. The zero-order chi connectivity index (χ0) is 33.1. The van der Waals surface area contributed by atoms with E-state index in [1.807, 2.05) is 12.1 Å². The van der Waals surface area contributed by atoms with E-state index in [1.165, 1.54) is 29.5 Å². The number of likely N-dealkylation sites (tertiary alicyclic amines) is 2. The first-order valence-corrected chi connectivity index (χ1v) is 19.6. The number of aryl methyl sites for hydroxylation is 2. The number of nitrogens with zero attached hydrogens (tertiary/aromatic N) is 4. The molecule has 2 aromatic carbocycles. The Morgan fingerprint density at radius 1 is 0.979 bits per heavy atom. The van der Waals surface area contributed by atoms with Gasteiger partial charge in [-0.15, -0.1) is 0 Å². The van der Waals surface area contributed by atoms with Crippen molar-refractivity contribution in [1.29, 1.82) is 0 Å². The third kappa shape index (κ3) is 8.01. The van der Waals surface area contributed by atoms with Gasteiger partial charge in [-0.3, -0.25) is 14.4 Å². The highest BCUT2D eigenvalue weighted by molar-refractivity contribution is 7.90. The lowest BCUT2D eigenvalue weighted by Gasteiger charge is -2.35. The molecule has 2 saturated heterocycles. The largest absolute Gasteiger partial charge is 0.480 e. The fourth-order valence-electron chi connectivity index (χ4n) is 8.66. The first-order chi connectivity index (χ1) is 22.6. The van der Waals surface area contributed by atoms with Gasteiger partial charge in [-0.25, -0.2) is 8.42 Å². The summed E-state index contributed by atoms with van der Waals surface area (Å²) in [6, 6.07) is 17.9. The average Bonchev–Trinajstić information content (AvgIpc) is 3.65. The second-order valence-corrected chi connectivity index (χ2v) is 16.5. The number of hydrogen-bond donors (Lipinski definition) is 1. The van der Waals surface area contributed by atoms with Crippen molar-refractivity contribution in [3.8, 4) is 0 Å². The number of aliphatic carboxylic acids is 1. The van der Waals surface area contributed by atoms with E-state index in [2.05, 4.69) is 58.7 Å². The lowest BCUT2D eigenvalue weighted by molar-refractivity contribution is -0.145. The van der Waals surface area contributed by atoms with Crippen LogP contribution >= 0.6 is 0 Å². The number of hydrogen-bond acceptors (Lipinski definition) is 6. The van der Waals surface area contributed by atoms with Crippen LogP contribution in [0.2, 0.25) is 0 Å². The third-order valence-corrected chi connectivity index (χ3v) is 12.2. The van der Waals surface area contributed by atoms with Crippen molar-refractivity contribution >= 4 is 15.8 Å². The summed E-state index contributed by atoms with van der Waals surface area (Å²) >= 11 is 0. The number of rotatable bonds is 11. The van der Waals surface area contributed by atoms with Gasteiger partial charge in [0.15, 0.2) is 9.84 Å². The molecule has 254 valence electrons. The summed E-state index contributed by atoms with van der Waals surface area (Å²) in [6.07, 6.45) is 9.68. The van der Waals surface area contributed by atoms with Gasteiger partial charge in [-0.2, -0.15) is 5.10 Å². The topological polar surface area (TPSA) is 95.7 Å². The van der Waals surface area contributed by atoms with Gasteiger partial charge in [0.1, 0.15) is 6.04 Å². The Kier molecular flexibility index (Phi) is 10.5. The average molecular weight is 661 g/mol. The highest BCUT2D eigenvalue weighted by Gasteiger charge is 2.43. The van der Waals surface area contributed by atoms with E-state index in [0.29, 0.717) is 29.1 Å². The maximum Gasteiger partial charge on any atom is 0.321 e. The predicted molar refractivity (Wildman–Crippen MR) is 186 cm³/mol. The van der Waals surface area contributed by atoms with Crippen LogP contribution in [0, 0.1) is 18.8 Å². The number of aromatic nitrogens is 2. The Bertz CT molecular complexity index is 1620. The summed E-state index contributed by atoms with van der Waals surface area (Å²) in [6.45, 7) is 9.86. The van der Waals surface area contributed by atoms with Crippen molar-refractivity contribution in [2.75, 3.05) is 39.0 Å². The van der Waals surface area contributed by atoms with E-state index in [0.717, 1.165) is 89.1 Å². The highest BCUT2D eigenvalue weighted by atomic mass is 32.2. The third-order valence-electron chi connectivity index (χ3n) is 11.1. The minimum atomic E-state index is -3.21. The molecule has 0 amide bonds. The molecule has 1 aliphatic carbocycles. The second-order valence-electron chi connectivity index (χ2n) is 14.5. The van der Waals surface area contributed by atoms with Crippen molar-refractivity contribution in [2.45, 2.75) is 94.5 Å². The molecule has 6 rings (SSSR count). The molecule has 0 radical (unpaired) electrons. The van der Waals surface area contributed by atoms with Crippen LogP contribution in [-0.2, 0) is 27.6 Å². The molecular weight excluding hydrogens is 609 g/mol. The molecule has 1 saturated carbocycles. The molecule has 3 unspecified atom stereocenters. The molecule has 0 spiro atoms. The molecule has 1 N–H and O–H groups in total. The van der Waals surface area contributed by atoms with Crippen LogP contribution in [0.5, 0.6) is 0 Å². The molecule has 3 heterocycles. The SMILES string of the molecule is CCn1nc(Cc2ccc(S(C)(=O)=O)cc2)cc1C1CCN(CC2CN(C(C(=O)O)C3CCCCC3)CC2c2cccc(C)c2)CC1. The van der Waals surface area contributed by atoms with Crippen molar-refractivity contribution in [2.24, 2.45) is 11.8 Å². The summed E-state index contributed by atoms with van der Waals surface area (Å²) in [7, 11) is -3.21. The Hall–Kier alpha value is -3.01.